The number of hydrogen-bond acceptors (Lipinski definition) is 6. The summed E-state index contributed by atoms with van der Waals surface area (Å²) in [6.45, 7) is 0.228. The smallest absolute Gasteiger partial charge is 0.275 e. The standard InChI is InChI=1S/C19H15N3O3S/c1-24-15-9-7-13(8-10-15)18-21-22-17(23)11-14(20-19(22)26-18)12-25-16-5-3-2-4-6-16/h2-11H,12H2,1H3. The van der Waals surface area contributed by atoms with Gasteiger partial charge in [-0.25, -0.2) is 4.98 Å². The third-order valence-electron chi connectivity index (χ3n) is 3.76. The Hall–Kier alpha value is -3.19. The maximum absolute atomic E-state index is 12.3. The summed E-state index contributed by atoms with van der Waals surface area (Å²) in [6.07, 6.45) is 0. The first kappa shape index (κ1) is 16.3. The van der Waals surface area contributed by atoms with Gasteiger partial charge in [0.15, 0.2) is 0 Å². The van der Waals surface area contributed by atoms with Crippen LogP contribution in [0.15, 0.2) is 65.5 Å². The van der Waals surface area contributed by atoms with E-state index in [0.717, 1.165) is 22.1 Å². The van der Waals surface area contributed by atoms with Crippen molar-refractivity contribution in [1.29, 1.82) is 0 Å². The molecule has 26 heavy (non-hydrogen) atoms. The van der Waals surface area contributed by atoms with Crippen LogP contribution < -0.4 is 15.0 Å². The topological polar surface area (TPSA) is 65.7 Å². The third-order valence-corrected chi connectivity index (χ3v) is 4.72. The van der Waals surface area contributed by atoms with Gasteiger partial charge in [-0.3, -0.25) is 4.79 Å². The molecular formula is C19H15N3O3S. The molecule has 7 heteroatoms. The second-order valence-corrected chi connectivity index (χ2v) is 6.47. The van der Waals surface area contributed by atoms with Crippen molar-refractivity contribution in [3.63, 3.8) is 0 Å². The molecule has 2 aromatic heterocycles. The maximum Gasteiger partial charge on any atom is 0.275 e. The second kappa shape index (κ2) is 6.97. The van der Waals surface area contributed by atoms with Crippen LogP contribution in [0.4, 0.5) is 0 Å². The molecule has 0 amide bonds. The molecule has 2 aromatic carbocycles. The summed E-state index contributed by atoms with van der Waals surface area (Å²) in [7, 11) is 1.62. The van der Waals surface area contributed by atoms with E-state index in [1.807, 2.05) is 54.6 Å². The summed E-state index contributed by atoms with van der Waals surface area (Å²) in [6, 6.07) is 18.4. The first-order chi connectivity index (χ1) is 12.7. The monoisotopic (exact) mass is 365 g/mol. The lowest BCUT2D eigenvalue weighted by atomic mass is 10.2. The van der Waals surface area contributed by atoms with Crippen molar-refractivity contribution in [2.45, 2.75) is 6.61 Å². The molecule has 0 saturated carbocycles. The number of nitrogens with zero attached hydrogens (tertiary/aromatic N) is 3. The molecule has 6 nitrogen and oxygen atoms in total. The van der Waals surface area contributed by atoms with Gasteiger partial charge in [-0.05, 0) is 36.4 Å². The molecule has 0 atom stereocenters. The van der Waals surface area contributed by atoms with Crippen molar-refractivity contribution in [3.05, 3.63) is 76.7 Å². The van der Waals surface area contributed by atoms with Gasteiger partial charge < -0.3 is 9.47 Å². The third kappa shape index (κ3) is 3.29. The fourth-order valence-electron chi connectivity index (χ4n) is 2.45. The van der Waals surface area contributed by atoms with Crippen LogP contribution in [0, 0.1) is 0 Å². The van der Waals surface area contributed by atoms with Gasteiger partial charge in [0.1, 0.15) is 23.1 Å². The summed E-state index contributed by atoms with van der Waals surface area (Å²) in [5, 5.41) is 5.10. The molecule has 4 rings (SSSR count). The van der Waals surface area contributed by atoms with E-state index in [4.69, 9.17) is 9.47 Å². The van der Waals surface area contributed by atoms with E-state index in [0.29, 0.717) is 10.7 Å². The highest BCUT2D eigenvalue weighted by atomic mass is 32.1. The lowest BCUT2D eigenvalue weighted by Crippen LogP contribution is -2.16. The highest BCUT2D eigenvalue weighted by Gasteiger charge is 2.11. The molecule has 0 fully saturated rings. The maximum atomic E-state index is 12.3. The lowest BCUT2D eigenvalue weighted by Gasteiger charge is -2.04. The molecule has 0 aliphatic rings. The zero-order valence-corrected chi connectivity index (χ0v) is 14.8. The minimum atomic E-state index is -0.224. The Morgan fingerprint density at radius 2 is 1.81 bits per heavy atom. The van der Waals surface area contributed by atoms with E-state index in [9.17, 15) is 4.79 Å². The summed E-state index contributed by atoms with van der Waals surface area (Å²) < 4.78 is 12.2. The van der Waals surface area contributed by atoms with Gasteiger partial charge in [0.05, 0.1) is 12.8 Å². The van der Waals surface area contributed by atoms with Gasteiger partial charge in [0.25, 0.3) is 5.56 Å². The van der Waals surface area contributed by atoms with Crippen molar-refractivity contribution < 1.29 is 9.47 Å². The predicted molar refractivity (Wildman–Crippen MR) is 99.9 cm³/mol. The number of benzene rings is 2. The van der Waals surface area contributed by atoms with Crippen LogP contribution in [0.1, 0.15) is 5.69 Å². The Balaban J connectivity index is 1.63. The molecule has 0 aliphatic heterocycles. The first-order valence-electron chi connectivity index (χ1n) is 7.95. The largest absolute Gasteiger partial charge is 0.497 e. The van der Waals surface area contributed by atoms with Crippen molar-refractivity contribution in [1.82, 2.24) is 14.6 Å². The summed E-state index contributed by atoms with van der Waals surface area (Å²) >= 11 is 1.36. The number of para-hydroxylation sites is 1. The molecule has 0 radical (unpaired) electrons. The Labute approximate surface area is 153 Å². The molecule has 0 unspecified atom stereocenters. The number of ether oxygens (including phenoxy) is 2. The Bertz CT molecular complexity index is 1090. The highest BCUT2D eigenvalue weighted by Crippen LogP contribution is 2.26. The quantitative estimate of drug-likeness (QED) is 0.542. The molecule has 130 valence electrons. The van der Waals surface area contributed by atoms with Crippen LogP contribution in [0.2, 0.25) is 0 Å². The normalized spacial score (nSPS) is 10.8. The zero-order chi connectivity index (χ0) is 17.9. The van der Waals surface area contributed by atoms with Crippen molar-refractivity contribution >= 4 is 16.3 Å². The number of hydrogen-bond donors (Lipinski definition) is 0. The SMILES string of the molecule is COc1ccc(-c2nn3c(=O)cc(COc4ccccc4)nc3s2)cc1. The molecule has 2 heterocycles. The molecule has 0 aliphatic carbocycles. The van der Waals surface area contributed by atoms with Crippen LogP contribution in [0.25, 0.3) is 15.5 Å². The Morgan fingerprint density at radius 3 is 2.54 bits per heavy atom. The minimum absolute atomic E-state index is 0.224. The van der Waals surface area contributed by atoms with Crippen LogP contribution in [0.5, 0.6) is 11.5 Å². The van der Waals surface area contributed by atoms with E-state index >= 15 is 0 Å². The minimum Gasteiger partial charge on any atom is -0.497 e. The number of rotatable bonds is 5. The van der Waals surface area contributed by atoms with Gasteiger partial charge in [-0.1, -0.05) is 29.5 Å². The van der Waals surface area contributed by atoms with E-state index in [1.54, 1.807) is 7.11 Å². The Morgan fingerprint density at radius 1 is 1.04 bits per heavy atom. The second-order valence-electron chi connectivity index (χ2n) is 5.52. The molecule has 4 aromatic rings. The molecule has 0 spiro atoms. The fourth-order valence-corrected chi connectivity index (χ4v) is 3.38. The van der Waals surface area contributed by atoms with Crippen molar-refractivity contribution in [2.24, 2.45) is 0 Å². The van der Waals surface area contributed by atoms with E-state index < -0.39 is 0 Å². The summed E-state index contributed by atoms with van der Waals surface area (Å²) in [4.78, 5) is 17.4. The first-order valence-corrected chi connectivity index (χ1v) is 8.77. The van der Waals surface area contributed by atoms with E-state index in [1.165, 1.54) is 21.9 Å². The highest BCUT2D eigenvalue weighted by molar-refractivity contribution is 7.19. The van der Waals surface area contributed by atoms with Gasteiger partial charge >= 0.3 is 0 Å². The lowest BCUT2D eigenvalue weighted by molar-refractivity contribution is 0.301. The number of fused-ring (bicyclic) bond motifs is 1. The predicted octanol–water partition coefficient (Wildman–Crippen LogP) is 3.41. The van der Waals surface area contributed by atoms with E-state index in [2.05, 4.69) is 10.1 Å². The molecule has 0 N–H and O–H groups in total. The van der Waals surface area contributed by atoms with Crippen molar-refractivity contribution in [2.75, 3.05) is 7.11 Å². The van der Waals surface area contributed by atoms with Crippen LogP contribution in [-0.2, 0) is 6.61 Å². The summed E-state index contributed by atoms with van der Waals surface area (Å²) in [5.74, 6) is 1.50. The van der Waals surface area contributed by atoms with Crippen LogP contribution in [-0.4, -0.2) is 21.7 Å². The van der Waals surface area contributed by atoms with Gasteiger partial charge in [-0.15, -0.1) is 0 Å². The van der Waals surface area contributed by atoms with E-state index in [-0.39, 0.29) is 12.2 Å². The molecule has 0 bridgehead atoms. The Kier molecular flexibility index (Phi) is 4.37. The number of methoxy groups -OCH3 is 1. The molecular weight excluding hydrogens is 350 g/mol. The van der Waals surface area contributed by atoms with Crippen LogP contribution >= 0.6 is 11.3 Å². The average molecular weight is 365 g/mol. The average Bonchev–Trinajstić information content (AvgIpc) is 3.12. The summed E-state index contributed by atoms with van der Waals surface area (Å²) in [5.41, 5.74) is 1.25. The zero-order valence-electron chi connectivity index (χ0n) is 14.0. The number of aromatic nitrogens is 3. The van der Waals surface area contributed by atoms with Crippen molar-refractivity contribution in [3.8, 4) is 22.1 Å². The van der Waals surface area contributed by atoms with Gasteiger partial charge in [0, 0.05) is 11.6 Å². The van der Waals surface area contributed by atoms with Crippen LogP contribution in [0.3, 0.4) is 0 Å². The fraction of sp³-hybridized carbons (Fsp3) is 0.105. The van der Waals surface area contributed by atoms with Gasteiger partial charge in [-0.2, -0.15) is 9.61 Å². The molecule has 0 saturated heterocycles. The van der Waals surface area contributed by atoms with Gasteiger partial charge in [0.2, 0.25) is 4.96 Å².